The van der Waals surface area contributed by atoms with Crippen LogP contribution < -0.4 is 0 Å². The van der Waals surface area contributed by atoms with Gasteiger partial charge in [0.25, 0.3) is 8.35 Å². The van der Waals surface area contributed by atoms with Crippen molar-refractivity contribution in [1.29, 1.82) is 0 Å². The minimum atomic E-state index is -1.45. The summed E-state index contributed by atoms with van der Waals surface area (Å²) in [6.07, 6.45) is 0. The molecule has 0 aromatic carbocycles. The third-order valence-electron chi connectivity index (χ3n) is 0.511. The molecule has 0 aromatic rings. The van der Waals surface area contributed by atoms with Crippen LogP contribution in [0, 0.1) is 0 Å². The van der Waals surface area contributed by atoms with Crippen LogP contribution in [-0.2, 0) is 4.43 Å². The molecule has 1 nitrogen and oxygen atoms in total. The van der Waals surface area contributed by atoms with E-state index in [2.05, 4.69) is 6.58 Å². The summed E-state index contributed by atoms with van der Waals surface area (Å²) in [5, 5.41) is 0. The Morgan fingerprint density at radius 1 is 2.00 bits per heavy atom. The van der Waals surface area contributed by atoms with Crippen molar-refractivity contribution < 1.29 is 4.43 Å². The van der Waals surface area contributed by atoms with Gasteiger partial charge in [-0.15, -0.1) is 17.7 Å². The lowest BCUT2D eigenvalue weighted by Gasteiger charge is -1.97. The first-order valence-electron chi connectivity index (χ1n) is 2.19. The molecule has 0 aliphatic heterocycles. The van der Waals surface area contributed by atoms with Crippen molar-refractivity contribution in [2.45, 2.75) is 6.92 Å². The first-order valence-corrected chi connectivity index (χ1v) is 5.08. The number of hydrogen-bond donors (Lipinski definition) is 0. The third-order valence-corrected chi connectivity index (χ3v) is 2.45. The summed E-state index contributed by atoms with van der Waals surface area (Å²) in [5.41, 5.74) is 1.69. The van der Waals surface area contributed by atoms with E-state index in [0.717, 1.165) is 0 Å². The van der Waals surface area contributed by atoms with E-state index in [1.54, 1.807) is 5.70 Å². The Morgan fingerprint density at radius 3 is 2.71 bits per heavy atom. The highest BCUT2D eigenvalue weighted by Gasteiger charge is 1.95. The molecule has 0 radical (unpaired) electrons. The Hall–Kier alpha value is 0.207. The molecule has 3 heteroatoms. The van der Waals surface area contributed by atoms with Gasteiger partial charge >= 0.3 is 0 Å². The minimum Gasteiger partial charge on any atom is -0.403 e. The van der Waals surface area contributed by atoms with Crippen molar-refractivity contribution in [3.05, 3.63) is 12.3 Å². The minimum absolute atomic E-state index is 0.701. The van der Waals surface area contributed by atoms with Crippen LogP contribution in [0.5, 0.6) is 0 Å². The van der Waals surface area contributed by atoms with E-state index in [9.17, 15) is 0 Å². The molecule has 0 aromatic heterocycles. The van der Waals surface area contributed by atoms with E-state index >= 15 is 0 Å². The van der Waals surface area contributed by atoms with Gasteiger partial charge in [0.1, 0.15) is 0 Å². The van der Waals surface area contributed by atoms with Gasteiger partial charge in [-0.05, 0) is 6.92 Å². The number of rotatable bonds is 3. The van der Waals surface area contributed by atoms with Crippen molar-refractivity contribution >= 4 is 19.4 Å². The molecule has 0 spiro atoms. The van der Waals surface area contributed by atoms with E-state index in [0.29, 0.717) is 6.61 Å². The van der Waals surface area contributed by atoms with Gasteiger partial charge in [0.2, 0.25) is 0 Å². The summed E-state index contributed by atoms with van der Waals surface area (Å²) in [5.74, 6) is 0. The fraction of sp³-hybridized carbons (Fsp3) is 0.500. The topological polar surface area (TPSA) is 9.23 Å². The summed E-state index contributed by atoms with van der Waals surface area (Å²) in [6.45, 7) is 6.11. The van der Waals surface area contributed by atoms with Gasteiger partial charge < -0.3 is 4.43 Å². The van der Waals surface area contributed by atoms with E-state index in [1.807, 2.05) is 6.92 Å². The second-order valence-electron chi connectivity index (χ2n) is 1.04. The maximum atomic E-state index is 5.56. The first-order chi connectivity index (χ1) is 3.31. The average Bonchev–Trinajstić information content (AvgIpc) is 1.68. The van der Waals surface area contributed by atoms with E-state index < -0.39 is 8.35 Å². The molecule has 0 saturated carbocycles. The normalized spacial score (nSPS) is 13.4. The Labute approximate surface area is 50.4 Å². The maximum Gasteiger partial charge on any atom is 0.298 e. The van der Waals surface area contributed by atoms with E-state index in [-0.39, 0.29) is 0 Å². The summed E-state index contributed by atoms with van der Waals surface area (Å²) in [7, 11) is -1.45. The van der Waals surface area contributed by atoms with E-state index in [4.69, 9.17) is 15.5 Å². The van der Waals surface area contributed by atoms with Crippen LogP contribution in [0.15, 0.2) is 12.3 Å². The zero-order valence-corrected chi connectivity index (χ0v) is 6.27. The zero-order valence-electron chi connectivity index (χ0n) is 4.36. The average molecular weight is 137 g/mol. The van der Waals surface area contributed by atoms with Crippen molar-refractivity contribution in [2.24, 2.45) is 0 Å². The summed E-state index contributed by atoms with van der Waals surface area (Å²) in [6, 6.07) is 0. The van der Waals surface area contributed by atoms with Crippen LogP contribution in [0.1, 0.15) is 6.92 Å². The summed E-state index contributed by atoms with van der Waals surface area (Å²) in [4.78, 5) is 0. The highest BCUT2D eigenvalue weighted by Crippen LogP contribution is 1.90. The Morgan fingerprint density at radius 2 is 2.57 bits per heavy atom. The summed E-state index contributed by atoms with van der Waals surface area (Å²) >= 11 is 5.56. The third kappa shape index (κ3) is 4.05. The second-order valence-corrected chi connectivity index (χ2v) is 3.84. The number of hydrogen-bond acceptors (Lipinski definition) is 1. The quantitative estimate of drug-likeness (QED) is 0.419. The zero-order chi connectivity index (χ0) is 5.70. The standard InChI is InChI=1S/C4H9ClOSi/c1-3-6-7(5)4-2/h4,7H,2-3H2,1H3. The van der Waals surface area contributed by atoms with Gasteiger partial charge in [-0.25, -0.2) is 0 Å². The van der Waals surface area contributed by atoms with Crippen LogP contribution >= 0.6 is 11.1 Å². The van der Waals surface area contributed by atoms with Gasteiger partial charge in [0, 0.05) is 6.61 Å². The molecule has 0 rings (SSSR count). The van der Waals surface area contributed by atoms with Crippen LogP contribution in [0.25, 0.3) is 0 Å². The SMILES string of the molecule is C=C[SiH](Cl)OCC. The predicted molar refractivity (Wildman–Crippen MR) is 34.8 cm³/mol. The first kappa shape index (κ1) is 7.21. The monoisotopic (exact) mass is 136 g/mol. The molecule has 0 aliphatic rings. The molecule has 0 saturated heterocycles. The maximum absolute atomic E-state index is 5.56. The second kappa shape index (κ2) is 4.37. The Bertz CT molecular complexity index is 57.7. The number of halogens is 1. The molecule has 0 N–H and O–H groups in total. The van der Waals surface area contributed by atoms with Crippen molar-refractivity contribution in [3.63, 3.8) is 0 Å². The van der Waals surface area contributed by atoms with Crippen molar-refractivity contribution in [3.8, 4) is 0 Å². The summed E-state index contributed by atoms with van der Waals surface area (Å²) < 4.78 is 4.98. The molecule has 0 fully saturated rings. The Balaban J connectivity index is 2.98. The van der Waals surface area contributed by atoms with Crippen molar-refractivity contribution in [1.82, 2.24) is 0 Å². The van der Waals surface area contributed by atoms with Gasteiger partial charge in [-0.3, -0.25) is 0 Å². The highest BCUT2D eigenvalue weighted by atomic mass is 35.6. The lowest BCUT2D eigenvalue weighted by atomic mass is 10.9. The molecule has 1 atom stereocenters. The largest absolute Gasteiger partial charge is 0.403 e. The highest BCUT2D eigenvalue weighted by molar-refractivity contribution is 7.06. The van der Waals surface area contributed by atoms with Crippen LogP contribution in [0.3, 0.4) is 0 Å². The molecular weight excluding hydrogens is 128 g/mol. The Kier molecular flexibility index (Phi) is 4.50. The smallest absolute Gasteiger partial charge is 0.298 e. The van der Waals surface area contributed by atoms with Crippen LogP contribution in [-0.4, -0.2) is 15.0 Å². The molecule has 42 valence electrons. The fourth-order valence-electron chi connectivity index (χ4n) is 0.227. The molecule has 0 amide bonds. The molecule has 0 bridgehead atoms. The molecule has 7 heavy (non-hydrogen) atoms. The fourth-order valence-corrected chi connectivity index (χ4v) is 1.06. The molecule has 0 aliphatic carbocycles. The van der Waals surface area contributed by atoms with E-state index in [1.165, 1.54) is 0 Å². The van der Waals surface area contributed by atoms with Crippen molar-refractivity contribution in [2.75, 3.05) is 6.61 Å². The predicted octanol–water partition coefficient (Wildman–Crippen LogP) is 1.21. The van der Waals surface area contributed by atoms with Gasteiger partial charge in [0.15, 0.2) is 0 Å². The van der Waals surface area contributed by atoms with Crippen LogP contribution in [0.4, 0.5) is 0 Å². The van der Waals surface area contributed by atoms with Gasteiger partial charge in [-0.2, -0.15) is 0 Å². The van der Waals surface area contributed by atoms with Gasteiger partial charge in [-0.1, -0.05) is 5.70 Å². The molecule has 1 unspecified atom stereocenters. The van der Waals surface area contributed by atoms with Gasteiger partial charge in [0.05, 0.1) is 0 Å². The van der Waals surface area contributed by atoms with Crippen LogP contribution in [0.2, 0.25) is 0 Å². The lowest BCUT2D eigenvalue weighted by molar-refractivity contribution is 0.361. The molecular formula is C4H9ClOSi. The lowest BCUT2D eigenvalue weighted by Crippen LogP contribution is -2.05. The molecule has 0 heterocycles.